The molecule has 12 heteroatoms. The Morgan fingerprint density at radius 1 is 1.13 bits per heavy atom. The molecule has 0 bridgehead atoms. The quantitative estimate of drug-likeness (QED) is 0.426. The highest BCUT2D eigenvalue weighted by atomic mass is 32.1. The van der Waals surface area contributed by atoms with Gasteiger partial charge in [0.15, 0.2) is 0 Å². The van der Waals surface area contributed by atoms with Gasteiger partial charge in [-0.05, 0) is 24.4 Å². The number of nitro groups is 2. The first-order valence-corrected chi connectivity index (χ1v) is 10.1. The third-order valence-corrected chi connectivity index (χ3v) is 5.98. The molecule has 1 saturated heterocycles. The highest BCUT2D eigenvalue weighted by molar-refractivity contribution is 7.13. The molecule has 1 aromatic carbocycles. The lowest BCUT2D eigenvalue weighted by molar-refractivity contribution is -0.393. The van der Waals surface area contributed by atoms with E-state index in [2.05, 4.69) is 15.0 Å². The van der Waals surface area contributed by atoms with Crippen molar-refractivity contribution in [2.24, 2.45) is 0 Å². The molecule has 3 heterocycles. The van der Waals surface area contributed by atoms with Crippen LogP contribution in [-0.4, -0.2) is 51.1 Å². The number of thiophene rings is 1. The third kappa shape index (κ3) is 3.86. The number of rotatable bonds is 6. The van der Waals surface area contributed by atoms with Gasteiger partial charge < -0.3 is 9.42 Å². The van der Waals surface area contributed by atoms with Gasteiger partial charge in [0.05, 0.1) is 26.8 Å². The zero-order valence-corrected chi connectivity index (χ0v) is 16.8. The molecule has 1 atom stereocenters. The van der Waals surface area contributed by atoms with Crippen molar-refractivity contribution in [3.63, 3.8) is 0 Å². The Kier molecular flexibility index (Phi) is 5.42. The minimum atomic E-state index is -0.634. The van der Waals surface area contributed by atoms with E-state index in [1.807, 2.05) is 29.3 Å². The van der Waals surface area contributed by atoms with E-state index < -0.39 is 9.85 Å². The van der Waals surface area contributed by atoms with Crippen molar-refractivity contribution < 1.29 is 14.4 Å². The number of nitrogens with zero attached hydrogens (tertiary/aromatic N) is 6. The highest BCUT2D eigenvalue weighted by Gasteiger charge is 2.29. The van der Waals surface area contributed by atoms with E-state index in [0.29, 0.717) is 43.6 Å². The normalized spacial score (nSPS) is 15.8. The van der Waals surface area contributed by atoms with Crippen molar-refractivity contribution in [2.75, 3.05) is 31.1 Å². The minimum absolute atomic E-state index is 0.0970. The van der Waals surface area contributed by atoms with Gasteiger partial charge in [-0.1, -0.05) is 11.2 Å². The number of aromatic nitrogens is 2. The molecular weight excluding hydrogens is 412 g/mol. The van der Waals surface area contributed by atoms with Crippen LogP contribution in [0.2, 0.25) is 0 Å². The van der Waals surface area contributed by atoms with Gasteiger partial charge in [0.1, 0.15) is 5.69 Å². The first-order valence-electron chi connectivity index (χ1n) is 9.23. The van der Waals surface area contributed by atoms with E-state index in [0.717, 1.165) is 10.9 Å². The molecule has 1 fully saturated rings. The van der Waals surface area contributed by atoms with Crippen LogP contribution in [-0.2, 0) is 0 Å². The number of nitro benzene ring substituents is 2. The van der Waals surface area contributed by atoms with Crippen molar-refractivity contribution in [3.05, 3.63) is 61.8 Å². The standard InChI is InChI=1S/C18H18N6O5S/c1-12(18-19-17(20-29-18)16-3-2-10-30-16)21-6-8-22(9-7-21)14-5-4-13(23(25)26)11-15(14)24(27)28/h2-5,10-12H,6-9H2,1H3. The molecule has 11 nitrogen and oxygen atoms in total. The Morgan fingerprint density at radius 3 is 2.53 bits per heavy atom. The topological polar surface area (TPSA) is 132 Å². The number of benzene rings is 1. The van der Waals surface area contributed by atoms with Crippen LogP contribution in [0.25, 0.3) is 10.7 Å². The number of non-ortho nitro benzene ring substituents is 1. The van der Waals surface area contributed by atoms with Crippen LogP contribution in [0.4, 0.5) is 17.1 Å². The Hall–Kier alpha value is -3.38. The van der Waals surface area contributed by atoms with Crippen LogP contribution in [0.15, 0.2) is 40.2 Å². The summed E-state index contributed by atoms with van der Waals surface area (Å²) in [5.41, 5.74) is -0.172. The van der Waals surface area contributed by atoms with Crippen LogP contribution < -0.4 is 4.90 Å². The van der Waals surface area contributed by atoms with Gasteiger partial charge in [-0.2, -0.15) is 4.98 Å². The molecule has 1 aliphatic heterocycles. The SMILES string of the molecule is CC(c1nc(-c2cccs2)no1)N1CCN(c2ccc([N+](=O)[O-])cc2[N+](=O)[O-])CC1. The van der Waals surface area contributed by atoms with E-state index in [1.165, 1.54) is 23.5 Å². The zero-order valence-electron chi connectivity index (χ0n) is 16.0. The Labute approximate surface area is 174 Å². The number of hydrogen-bond acceptors (Lipinski definition) is 10. The summed E-state index contributed by atoms with van der Waals surface area (Å²) in [5, 5.41) is 28.3. The molecule has 156 valence electrons. The van der Waals surface area contributed by atoms with Crippen LogP contribution in [0, 0.1) is 20.2 Å². The molecule has 30 heavy (non-hydrogen) atoms. The van der Waals surface area contributed by atoms with E-state index in [-0.39, 0.29) is 17.4 Å². The van der Waals surface area contributed by atoms with Crippen LogP contribution >= 0.6 is 11.3 Å². The average Bonchev–Trinajstić information content (AvgIpc) is 3.44. The van der Waals surface area contributed by atoms with Gasteiger partial charge in [0, 0.05) is 32.2 Å². The molecule has 0 radical (unpaired) electrons. The Bertz CT molecular complexity index is 1060. The average molecular weight is 430 g/mol. The minimum Gasteiger partial charge on any atom is -0.363 e. The van der Waals surface area contributed by atoms with Gasteiger partial charge in [0.2, 0.25) is 11.7 Å². The van der Waals surface area contributed by atoms with Gasteiger partial charge in [-0.3, -0.25) is 25.1 Å². The van der Waals surface area contributed by atoms with Crippen molar-refractivity contribution in [1.29, 1.82) is 0 Å². The second-order valence-corrected chi connectivity index (χ2v) is 7.77. The number of anilines is 1. The van der Waals surface area contributed by atoms with Gasteiger partial charge >= 0.3 is 0 Å². The van der Waals surface area contributed by atoms with E-state index >= 15 is 0 Å². The summed E-state index contributed by atoms with van der Waals surface area (Å²) < 4.78 is 5.44. The highest BCUT2D eigenvalue weighted by Crippen LogP contribution is 2.33. The predicted molar refractivity (Wildman–Crippen MR) is 110 cm³/mol. The lowest BCUT2D eigenvalue weighted by Gasteiger charge is -2.37. The predicted octanol–water partition coefficient (Wildman–Crippen LogP) is 3.50. The van der Waals surface area contributed by atoms with Crippen molar-refractivity contribution in [1.82, 2.24) is 15.0 Å². The lowest BCUT2D eigenvalue weighted by Crippen LogP contribution is -2.47. The van der Waals surface area contributed by atoms with Crippen LogP contribution in [0.5, 0.6) is 0 Å². The molecule has 2 aromatic heterocycles. The van der Waals surface area contributed by atoms with E-state index in [9.17, 15) is 20.2 Å². The van der Waals surface area contributed by atoms with Crippen molar-refractivity contribution in [2.45, 2.75) is 13.0 Å². The Morgan fingerprint density at radius 2 is 1.90 bits per heavy atom. The molecule has 4 rings (SSSR count). The zero-order chi connectivity index (χ0) is 21.3. The smallest absolute Gasteiger partial charge is 0.299 e. The first-order chi connectivity index (χ1) is 14.4. The summed E-state index contributed by atoms with van der Waals surface area (Å²) in [6, 6.07) is 7.51. The lowest BCUT2D eigenvalue weighted by atomic mass is 10.1. The maximum absolute atomic E-state index is 11.4. The molecule has 0 aliphatic carbocycles. The summed E-state index contributed by atoms with van der Waals surface area (Å²) in [6.45, 7) is 4.32. The molecule has 0 amide bonds. The molecule has 0 spiro atoms. The number of piperazine rings is 1. The monoisotopic (exact) mass is 430 g/mol. The Balaban J connectivity index is 1.45. The van der Waals surface area contributed by atoms with Crippen LogP contribution in [0.3, 0.4) is 0 Å². The largest absolute Gasteiger partial charge is 0.363 e. The molecule has 0 N–H and O–H groups in total. The van der Waals surface area contributed by atoms with Gasteiger partial charge in [-0.25, -0.2) is 0 Å². The summed E-state index contributed by atoms with van der Waals surface area (Å²) in [6.07, 6.45) is 0. The maximum Gasteiger partial charge on any atom is 0.299 e. The fourth-order valence-electron chi connectivity index (χ4n) is 3.46. The maximum atomic E-state index is 11.4. The molecule has 0 saturated carbocycles. The molecule has 3 aromatic rings. The second-order valence-electron chi connectivity index (χ2n) is 6.82. The summed E-state index contributed by atoms with van der Waals surface area (Å²) in [5.74, 6) is 1.08. The fourth-order valence-corrected chi connectivity index (χ4v) is 4.11. The van der Waals surface area contributed by atoms with E-state index in [4.69, 9.17) is 4.52 Å². The molecular formula is C18H18N6O5S. The summed E-state index contributed by atoms with van der Waals surface area (Å²) >= 11 is 1.54. The van der Waals surface area contributed by atoms with Crippen molar-refractivity contribution >= 4 is 28.4 Å². The van der Waals surface area contributed by atoms with Gasteiger partial charge in [0.25, 0.3) is 11.4 Å². The molecule has 1 unspecified atom stereocenters. The van der Waals surface area contributed by atoms with E-state index in [1.54, 1.807) is 0 Å². The summed E-state index contributed by atoms with van der Waals surface area (Å²) in [4.78, 5) is 30.6. The van der Waals surface area contributed by atoms with Crippen LogP contribution in [0.1, 0.15) is 18.9 Å². The fraction of sp³-hybridized carbons (Fsp3) is 0.333. The third-order valence-electron chi connectivity index (χ3n) is 5.11. The first kappa shape index (κ1) is 19.9. The molecule has 1 aliphatic rings. The number of hydrogen-bond donors (Lipinski definition) is 0. The van der Waals surface area contributed by atoms with Crippen molar-refractivity contribution in [3.8, 4) is 10.7 Å². The second kappa shape index (κ2) is 8.16. The summed E-state index contributed by atoms with van der Waals surface area (Å²) in [7, 11) is 0. The van der Waals surface area contributed by atoms with Gasteiger partial charge in [-0.15, -0.1) is 11.3 Å².